The molecule has 7 rings (SSSR count). The summed E-state index contributed by atoms with van der Waals surface area (Å²) in [6, 6.07) is 44.8. The van der Waals surface area contributed by atoms with Crippen LogP contribution in [0.3, 0.4) is 0 Å². The Balaban J connectivity index is 1.75. The van der Waals surface area contributed by atoms with Crippen molar-refractivity contribution >= 4 is 43.1 Å². The van der Waals surface area contributed by atoms with Crippen LogP contribution < -0.4 is 0 Å². The summed E-state index contributed by atoms with van der Waals surface area (Å²) in [7, 11) is 0. The van der Waals surface area contributed by atoms with Gasteiger partial charge in [0.2, 0.25) is 0 Å². The van der Waals surface area contributed by atoms with Crippen molar-refractivity contribution in [3.8, 4) is 28.0 Å². The van der Waals surface area contributed by atoms with Gasteiger partial charge in [-0.05, 0) is 83.5 Å². The molecule has 0 aromatic heterocycles. The first-order chi connectivity index (χ1) is 17.3. The van der Waals surface area contributed by atoms with E-state index in [1.54, 1.807) is 6.07 Å². The minimum Gasteiger partial charge on any atom is -0.508 e. The molecular weight excluding hydrogens is 424 g/mol. The normalized spacial score (nSPS) is 11.5. The second kappa shape index (κ2) is 7.72. The molecule has 0 saturated carbocycles. The lowest BCUT2D eigenvalue weighted by Crippen LogP contribution is -1.93. The van der Waals surface area contributed by atoms with Gasteiger partial charge in [-0.3, -0.25) is 0 Å². The van der Waals surface area contributed by atoms with E-state index in [4.69, 9.17) is 0 Å². The molecule has 0 amide bonds. The molecule has 35 heavy (non-hydrogen) atoms. The molecule has 0 fully saturated rings. The van der Waals surface area contributed by atoms with Gasteiger partial charge in [0.1, 0.15) is 5.75 Å². The van der Waals surface area contributed by atoms with Crippen LogP contribution in [0.5, 0.6) is 5.75 Å². The summed E-state index contributed by atoms with van der Waals surface area (Å²) >= 11 is 0. The second-order valence-electron chi connectivity index (χ2n) is 9.12. The fraction of sp³-hybridized carbons (Fsp3) is 0. The Morgan fingerprint density at radius 2 is 1.06 bits per heavy atom. The van der Waals surface area contributed by atoms with Gasteiger partial charge in [-0.15, -0.1) is 0 Å². The first-order valence-corrected chi connectivity index (χ1v) is 11.9. The van der Waals surface area contributed by atoms with Crippen LogP contribution in [0, 0.1) is 0 Å². The molecule has 0 aliphatic heterocycles. The maximum absolute atomic E-state index is 10.2. The zero-order valence-corrected chi connectivity index (χ0v) is 19.1. The van der Waals surface area contributed by atoms with Crippen LogP contribution in [0.25, 0.3) is 65.3 Å². The van der Waals surface area contributed by atoms with Gasteiger partial charge in [0.05, 0.1) is 0 Å². The van der Waals surface area contributed by atoms with Gasteiger partial charge in [0.15, 0.2) is 0 Å². The Hall–Kier alpha value is -4.62. The Labute approximate surface area is 203 Å². The third-order valence-electron chi connectivity index (χ3n) is 7.09. The average molecular weight is 447 g/mol. The number of hydrogen-bond acceptors (Lipinski definition) is 1. The lowest BCUT2D eigenvalue weighted by molar-refractivity contribution is 0.476. The van der Waals surface area contributed by atoms with E-state index in [0.717, 1.165) is 10.8 Å². The van der Waals surface area contributed by atoms with Gasteiger partial charge >= 0.3 is 0 Å². The zero-order chi connectivity index (χ0) is 23.4. The van der Waals surface area contributed by atoms with Crippen molar-refractivity contribution in [2.75, 3.05) is 0 Å². The highest BCUT2D eigenvalue weighted by Gasteiger charge is 2.19. The molecule has 0 aliphatic rings. The van der Waals surface area contributed by atoms with Gasteiger partial charge in [-0.2, -0.15) is 0 Å². The molecule has 0 unspecified atom stereocenters. The van der Waals surface area contributed by atoms with Crippen molar-refractivity contribution in [2.24, 2.45) is 0 Å². The maximum atomic E-state index is 10.2. The summed E-state index contributed by atoms with van der Waals surface area (Å²) < 4.78 is 0. The Morgan fingerprint density at radius 3 is 1.91 bits per heavy atom. The molecule has 0 radical (unpaired) electrons. The smallest absolute Gasteiger partial charge is 0.116 e. The minimum absolute atomic E-state index is 0.286. The zero-order valence-electron chi connectivity index (χ0n) is 19.1. The molecule has 7 aromatic carbocycles. The van der Waals surface area contributed by atoms with Crippen LogP contribution >= 0.6 is 0 Å². The third kappa shape index (κ3) is 3.09. The molecule has 0 bridgehead atoms. The van der Waals surface area contributed by atoms with Crippen molar-refractivity contribution in [3.05, 3.63) is 127 Å². The van der Waals surface area contributed by atoms with Crippen LogP contribution in [0.1, 0.15) is 0 Å². The SMILES string of the molecule is Oc1ccc2c(ccc3c4ccccc4c(-c4ccc5ccccc5c4)c(-c4ccccc4)c23)c1. The van der Waals surface area contributed by atoms with Crippen molar-refractivity contribution in [3.63, 3.8) is 0 Å². The van der Waals surface area contributed by atoms with Crippen LogP contribution in [-0.4, -0.2) is 5.11 Å². The fourth-order valence-corrected chi connectivity index (χ4v) is 5.54. The lowest BCUT2D eigenvalue weighted by Gasteiger charge is -2.20. The van der Waals surface area contributed by atoms with E-state index in [1.807, 2.05) is 6.07 Å². The predicted molar refractivity (Wildman–Crippen MR) is 149 cm³/mol. The first kappa shape index (κ1) is 19.8. The number of rotatable bonds is 2. The molecule has 0 heterocycles. The highest BCUT2D eigenvalue weighted by molar-refractivity contribution is 6.28. The number of phenolic OH excluding ortho intramolecular Hbond substituents is 1. The maximum Gasteiger partial charge on any atom is 0.116 e. The number of phenols is 1. The first-order valence-electron chi connectivity index (χ1n) is 11.9. The molecule has 0 spiro atoms. The molecule has 1 N–H and O–H groups in total. The van der Waals surface area contributed by atoms with E-state index in [2.05, 4.69) is 115 Å². The van der Waals surface area contributed by atoms with E-state index in [-0.39, 0.29) is 5.75 Å². The van der Waals surface area contributed by atoms with Crippen molar-refractivity contribution in [1.29, 1.82) is 0 Å². The summed E-state index contributed by atoms with van der Waals surface area (Å²) in [6.45, 7) is 0. The monoisotopic (exact) mass is 446 g/mol. The lowest BCUT2D eigenvalue weighted by atomic mass is 9.83. The van der Waals surface area contributed by atoms with E-state index in [0.29, 0.717) is 0 Å². The van der Waals surface area contributed by atoms with E-state index < -0.39 is 0 Å². The fourth-order valence-electron chi connectivity index (χ4n) is 5.54. The quantitative estimate of drug-likeness (QED) is 0.262. The van der Waals surface area contributed by atoms with E-state index in [9.17, 15) is 5.11 Å². The second-order valence-corrected chi connectivity index (χ2v) is 9.12. The van der Waals surface area contributed by atoms with Gasteiger partial charge in [-0.25, -0.2) is 0 Å². The number of benzene rings is 7. The van der Waals surface area contributed by atoms with E-state index >= 15 is 0 Å². The van der Waals surface area contributed by atoms with Crippen LogP contribution in [-0.2, 0) is 0 Å². The van der Waals surface area contributed by atoms with Crippen molar-refractivity contribution in [2.45, 2.75) is 0 Å². The summed E-state index contributed by atoms with van der Waals surface area (Å²) in [5.41, 5.74) is 4.86. The molecule has 0 atom stereocenters. The Kier molecular flexibility index (Phi) is 4.37. The minimum atomic E-state index is 0.286. The van der Waals surface area contributed by atoms with Gasteiger partial charge in [0.25, 0.3) is 0 Å². The number of aromatic hydroxyl groups is 1. The summed E-state index contributed by atoms with van der Waals surface area (Å²) in [6.07, 6.45) is 0. The third-order valence-corrected chi connectivity index (χ3v) is 7.09. The average Bonchev–Trinajstić information content (AvgIpc) is 2.92. The molecular formula is C34H22O. The van der Waals surface area contributed by atoms with Crippen molar-refractivity contribution in [1.82, 2.24) is 0 Å². The predicted octanol–water partition coefficient (Wildman–Crippen LogP) is 9.34. The summed E-state index contributed by atoms with van der Waals surface area (Å²) in [5, 5.41) is 19.8. The Morgan fingerprint density at radius 1 is 0.371 bits per heavy atom. The summed E-state index contributed by atoms with van der Waals surface area (Å²) in [5.74, 6) is 0.286. The molecule has 164 valence electrons. The van der Waals surface area contributed by atoms with Crippen molar-refractivity contribution < 1.29 is 5.11 Å². The number of hydrogen-bond donors (Lipinski definition) is 1. The summed E-state index contributed by atoms with van der Waals surface area (Å²) in [4.78, 5) is 0. The molecule has 7 aromatic rings. The topological polar surface area (TPSA) is 20.2 Å². The van der Waals surface area contributed by atoms with Crippen LogP contribution in [0.2, 0.25) is 0 Å². The van der Waals surface area contributed by atoms with Crippen LogP contribution in [0.15, 0.2) is 127 Å². The van der Waals surface area contributed by atoms with Gasteiger partial charge in [-0.1, -0.05) is 109 Å². The highest BCUT2D eigenvalue weighted by Crippen LogP contribution is 2.47. The molecule has 0 saturated heterocycles. The van der Waals surface area contributed by atoms with Crippen LogP contribution in [0.4, 0.5) is 0 Å². The highest BCUT2D eigenvalue weighted by atomic mass is 16.3. The van der Waals surface area contributed by atoms with Gasteiger partial charge < -0.3 is 5.11 Å². The number of fused-ring (bicyclic) bond motifs is 6. The van der Waals surface area contributed by atoms with Gasteiger partial charge in [0, 0.05) is 0 Å². The molecule has 1 nitrogen and oxygen atoms in total. The standard InChI is InChI=1S/C34H22O/c35-27-17-19-28-25(21-27)16-18-31-29-12-6-7-13-30(29)32(33(34(28)31)23-9-2-1-3-10-23)26-15-14-22-8-4-5-11-24(22)20-26/h1-21,35H. The Bertz CT molecular complexity index is 1900. The molecule has 1 heteroatoms. The largest absolute Gasteiger partial charge is 0.508 e. The molecule has 0 aliphatic carbocycles. The van der Waals surface area contributed by atoms with E-state index in [1.165, 1.54) is 54.6 Å².